The summed E-state index contributed by atoms with van der Waals surface area (Å²) in [6.45, 7) is 7.70. The highest BCUT2D eigenvalue weighted by molar-refractivity contribution is 7.89. The quantitative estimate of drug-likeness (QED) is 0.652. The topological polar surface area (TPSA) is 58.2 Å². The number of sulfonamides is 1. The average Bonchev–Trinajstić information content (AvgIpc) is 2.87. The molecule has 20 heavy (non-hydrogen) atoms. The Balaban J connectivity index is 2.79. The minimum absolute atomic E-state index is 0.0290. The molecule has 0 aliphatic carbocycles. The molecule has 0 fully saturated rings. The lowest BCUT2D eigenvalue weighted by Gasteiger charge is -2.16. The molecule has 1 heterocycles. The molecule has 4 nitrogen and oxygen atoms in total. The van der Waals surface area contributed by atoms with Crippen LogP contribution in [0.4, 0.5) is 0 Å². The molecule has 1 aromatic rings. The minimum atomic E-state index is -3.40. The maximum Gasteiger partial charge on any atom is 0.241 e. The second-order valence-corrected chi connectivity index (χ2v) is 7.58. The molecule has 0 radical (unpaired) electrons. The summed E-state index contributed by atoms with van der Waals surface area (Å²) in [6, 6.07) is 1.73. The van der Waals surface area contributed by atoms with Crippen molar-refractivity contribution in [3.63, 3.8) is 0 Å². The predicted octanol–water partition coefficient (Wildman–Crippen LogP) is 3.10. The Morgan fingerprint density at radius 2 is 2.00 bits per heavy atom. The van der Waals surface area contributed by atoms with Crippen LogP contribution in [0.5, 0.6) is 0 Å². The van der Waals surface area contributed by atoms with Crippen molar-refractivity contribution in [1.29, 1.82) is 0 Å². The fourth-order valence-corrected chi connectivity index (χ4v) is 4.82. The molecule has 1 unspecified atom stereocenters. The fourth-order valence-electron chi connectivity index (χ4n) is 2.05. The Morgan fingerprint density at radius 1 is 1.25 bits per heavy atom. The lowest BCUT2D eigenvalue weighted by molar-refractivity contribution is 0.512. The molecular formula is C14H26N2O2S2. The van der Waals surface area contributed by atoms with Crippen LogP contribution in [0, 0.1) is 0 Å². The Hall–Kier alpha value is -0.430. The molecule has 2 N–H and O–H groups in total. The van der Waals surface area contributed by atoms with E-state index in [1.807, 2.05) is 12.3 Å². The third-order valence-corrected chi connectivity index (χ3v) is 5.81. The molecule has 1 atom stereocenters. The van der Waals surface area contributed by atoms with Gasteiger partial charge in [-0.25, -0.2) is 13.1 Å². The molecule has 0 bridgehead atoms. The zero-order chi connectivity index (χ0) is 15.0. The number of nitrogens with one attached hydrogen (secondary N) is 2. The first-order valence-electron chi connectivity index (χ1n) is 7.34. The van der Waals surface area contributed by atoms with Crippen LogP contribution in [0.15, 0.2) is 16.3 Å². The van der Waals surface area contributed by atoms with Crippen molar-refractivity contribution >= 4 is 21.4 Å². The average molecular weight is 319 g/mol. The van der Waals surface area contributed by atoms with Crippen molar-refractivity contribution in [2.75, 3.05) is 6.54 Å². The van der Waals surface area contributed by atoms with Crippen molar-refractivity contribution in [3.8, 4) is 0 Å². The summed E-state index contributed by atoms with van der Waals surface area (Å²) in [5.74, 6) is 0. The van der Waals surface area contributed by atoms with Gasteiger partial charge < -0.3 is 5.32 Å². The van der Waals surface area contributed by atoms with Gasteiger partial charge in [0.2, 0.25) is 10.0 Å². The van der Waals surface area contributed by atoms with Gasteiger partial charge in [-0.3, -0.25) is 0 Å². The number of hydrogen-bond donors (Lipinski definition) is 2. The molecule has 0 saturated heterocycles. The lowest BCUT2D eigenvalue weighted by Crippen LogP contribution is -2.34. The van der Waals surface area contributed by atoms with E-state index in [0.717, 1.165) is 37.1 Å². The molecular weight excluding hydrogens is 292 g/mol. The first kappa shape index (κ1) is 17.6. The summed E-state index contributed by atoms with van der Waals surface area (Å²) in [4.78, 5) is 1.32. The summed E-state index contributed by atoms with van der Waals surface area (Å²) in [5, 5.41) is 5.11. The van der Waals surface area contributed by atoms with Gasteiger partial charge >= 0.3 is 0 Å². The highest BCUT2D eigenvalue weighted by Crippen LogP contribution is 2.22. The van der Waals surface area contributed by atoms with Crippen molar-refractivity contribution in [2.24, 2.45) is 0 Å². The van der Waals surface area contributed by atoms with Gasteiger partial charge in [0.05, 0.1) is 4.90 Å². The SMILES string of the molecule is CCCNCc1sccc1S(=O)(=O)NC(CC)CCC. The Bertz CT molecular complexity index is 483. The van der Waals surface area contributed by atoms with Gasteiger partial charge in [-0.05, 0) is 37.3 Å². The van der Waals surface area contributed by atoms with Crippen LogP contribution < -0.4 is 10.0 Å². The first-order chi connectivity index (χ1) is 9.55. The maximum atomic E-state index is 12.5. The Morgan fingerprint density at radius 3 is 2.60 bits per heavy atom. The molecule has 0 amide bonds. The van der Waals surface area contributed by atoms with E-state index in [9.17, 15) is 8.42 Å². The highest BCUT2D eigenvalue weighted by Gasteiger charge is 2.22. The van der Waals surface area contributed by atoms with E-state index in [2.05, 4.69) is 23.9 Å². The minimum Gasteiger partial charge on any atom is -0.312 e. The van der Waals surface area contributed by atoms with Gasteiger partial charge in [0, 0.05) is 17.5 Å². The van der Waals surface area contributed by atoms with Crippen LogP contribution in [0.3, 0.4) is 0 Å². The largest absolute Gasteiger partial charge is 0.312 e. The third kappa shape index (κ3) is 5.16. The zero-order valence-corrected chi connectivity index (χ0v) is 14.2. The molecule has 1 aromatic heterocycles. The van der Waals surface area contributed by atoms with Crippen LogP contribution in [0.2, 0.25) is 0 Å². The molecule has 6 heteroatoms. The number of hydrogen-bond acceptors (Lipinski definition) is 4. The molecule has 0 spiro atoms. The Labute approximate surface area is 127 Å². The zero-order valence-electron chi connectivity index (χ0n) is 12.6. The van der Waals surface area contributed by atoms with Gasteiger partial charge in [0.1, 0.15) is 0 Å². The molecule has 116 valence electrons. The van der Waals surface area contributed by atoms with Gasteiger partial charge in [0.15, 0.2) is 0 Å². The fraction of sp³-hybridized carbons (Fsp3) is 0.714. The van der Waals surface area contributed by atoms with Crippen molar-refractivity contribution in [3.05, 3.63) is 16.3 Å². The van der Waals surface area contributed by atoms with Crippen molar-refractivity contribution in [1.82, 2.24) is 10.0 Å². The van der Waals surface area contributed by atoms with E-state index < -0.39 is 10.0 Å². The standard InChI is InChI=1S/C14H26N2O2S2/c1-4-7-12(6-3)16-20(17,18)14-8-10-19-13(14)11-15-9-5-2/h8,10,12,15-16H,4-7,9,11H2,1-3H3. The van der Waals surface area contributed by atoms with Crippen LogP contribution in [0.1, 0.15) is 51.3 Å². The van der Waals surface area contributed by atoms with E-state index >= 15 is 0 Å². The van der Waals surface area contributed by atoms with Crippen LogP contribution >= 0.6 is 11.3 Å². The van der Waals surface area contributed by atoms with Crippen LogP contribution in [0.25, 0.3) is 0 Å². The normalized spacial score (nSPS) is 13.6. The van der Waals surface area contributed by atoms with Crippen LogP contribution in [-0.2, 0) is 16.6 Å². The van der Waals surface area contributed by atoms with Gasteiger partial charge in [-0.1, -0.05) is 27.2 Å². The number of rotatable bonds is 10. The van der Waals surface area contributed by atoms with E-state index in [0.29, 0.717) is 11.4 Å². The van der Waals surface area contributed by atoms with E-state index in [-0.39, 0.29) is 6.04 Å². The summed E-state index contributed by atoms with van der Waals surface area (Å²) >= 11 is 1.49. The molecule has 0 aliphatic heterocycles. The van der Waals surface area contributed by atoms with Gasteiger partial charge in [-0.15, -0.1) is 11.3 Å². The summed E-state index contributed by atoms with van der Waals surface area (Å²) < 4.78 is 27.7. The van der Waals surface area contributed by atoms with Crippen molar-refractivity contribution < 1.29 is 8.42 Å². The van der Waals surface area contributed by atoms with Crippen LogP contribution in [-0.4, -0.2) is 21.0 Å². The summed E-state index contributed by atoms with van der Waals surface area (Å²) in [6.07, 6.45) is 3.72. The van der Waals surface area contributed by atoms with Gasteiger partial charge in [0.25, 0.3) is 0 Å². The Kier molecular flexibility index (Phi) is 7.72. The number of thiophene rings is 1. The molecule has 0 aliphatic rings. The smallest absolute Gasteiger partial charge is 0.241 e. The van der Waals surface area contributed by atoms with E-state index in [4.69, 9.17) is 0 Å². The lowest BCUT2D eigenvalue weighted by atomic mass is 10.1. The second kappa shape index (κ2) is 8.77. The first-order valence-corrected chi connectivity index (χ1v) is 9.70. The highest BCUT2D eigenvalue weighted by atomic mass is 32.2. The van der Waals surface area contributed by atoms with E-state index in [1.165, 1.54) is 11.3 Å². The molecule has 0 saturated carbocycles. The van der Waals surface area contributed by atoms with Gasteiger partial charge in [-0.2, -0.15) is 0 Å². The van der Waals surface area contributed by atoms with Crippen molar-refractivity contribution in [2.45, 2.75) is 63.9 Å². The maximum absolute atomic E-state index is 12.5. The summed E-state index contributed by atoms with van der Waals surface area (Å²) in [7, 11) is -3.40. The third-order valence-electron chi connectivity index (χ3n) is 3.16. The predicted molar refractivity (Wildman–Crippen MR) is 85.6 cm³/mol. The van der Waals surface area contributed by atoms with E-state index in [1.54, 1.807) is 6.07 Å². The second-order valence-electron chi connectivity index (χ2n) is 4.90. The monoisotopic (exact) mass is 318 g/mol. The molecule has 0 aromatic carbocycles. The summed E-state index contributed by atoms with van der Waals surface area (Å²) in [5.41, 5.74) is 0. The molecule has 1 rings (SSSR count).